The zero-order valence-corrected chi connectivity index (χ0v) is 18.5. The van der Waals surface area contributed by atoms with Crippen LogP contribution in [0, 0.1) is 0 Å². The van der Waals surface area contributed by atoms with E-state index in [1.807, 2.05) is 6.08 Å². The Labute approximate surface area is 177 Å². The molecule has 0 rings (SSSR count). The van der Waals surface area contributed by atoms with Gasteiger partial charge in [0.05, 0.1) is 46.2 Å². The SMILES string of the molecule is C=CCCCCCCCCCOCCOCCOCCOCCOC(=O)C(=C)C. The lowest BCUT2D eigenvalue weighted by atomic mass is 10.1. The summed E-state index contributed by atoms with van der Waals surface area (Å²) in [6, 6.07) is 0. The quantitative estimate of drug-likeness (QED) is 0.106. The van der Waals surface area contributed by atoms with E-state index in [0.29, 0.717) is 51.8 Å². The molecule has 0 aliphatic heterocycles. The summed E-state index contributed by atoms with van der Waals surface area (Å²) in [5, 5.41) is 0. The minimum atomic E-state index is -0.392. The molecule has 170 valence electrons. The second-order valence-electron chi connectivity index (χ2n) is 6.92. The van der Waals surface area contributed by atoms with Crippen LogP contribution < -0.4 is 0 Å². The highest BCUT2D eigenvalue weighted by Crippen LogP contribution is 2.08. The first-order chi connectivity index (χ1) is 14.2. The Hall–Kier alpha value is -1.21. The predicted molar refractivity (Wildman–Crippen MR) is 116 cm³/mol. The van der Waals surface area contributed by atoms with Gasteiger partial charge in [0, 0.05) is 12.2 Å². The molecule has 0 radical (unpaired) electrons. The maximum absolute atomic E-state index is 11.1. The summed E-state index contributed by atoms with van der Waals surface area (Å²) in [4.78, 5) is 11.1. The number of hydrogen-bond donors (Lipinski definition) is 0. The van der Waals surface area contributed by atoms with Crippen LogP contribution in [0.25, 0.3) is 0 Å². The fraction of sp³-hybridized carbons (Fsp3) is 0.783. The molecular formula is C23H42O6. The largest absolute Gasteiger partial charge is 0.460 e. The molecule has 6 nitrogen and oxygen atoms in total. The monoisotopic (exact) mass is 414 g/mol. The van der Waals surface area contributed by atoms with Crippen LogP contribution in [-0.2, 0) is 28.5 Å². The van der Waals surface area contributed by atoms with Gasteiger partial charge in [0.2, 0.25) is 0 Å². The maximum atomic E-state index is 11.1. The lowest BCUT2D eigenvalue weighted by molar-refractivity contribution is -0.140. The van der Waals surface area contributed by atoms with Gasteiger partial charge in [-0.05, 0) is 26.2 Å². The van der Waals surface area contributed by atoms with Crippen LogP contribution in [0.2, 0.25) is 0 Å². The van der Waals surface area contributed by atoms with Crippen molar-refractivity contribution in [2.75, 3.05) is 59.5 Å². The van der Waals surface area contributed by atoms with Gasteiger partial charge in [-0.15, -0.1) is 6.58 Å². The van der Waals surface area contributed by atoms with Crippen molar-refractivity contribution in [1.29, 1.82) is 0 Å². The van der Waals surface area contributed by atoms with Crippen molar-refractivity contribution in [3.63, 3.8) is 0 Å². The molecule has 29 heavy (non-hydrogen) atoms. The van der Waals surface area contributed by atoms with Gasteiger partial charge in [-0.3, -0.25) is 0 Å². The number of ether oxygens (including phenoxy) is 5. The fourth-order valence-electron chi connectivity index (χ4n) is 2.45. The number of esters is 1. The van der Waals surface area contributed by atoms with Gasteiger partial charge in [-0.2, -0.15) is 0 Å². The van der Waals surface area contributed by atoms with Crippen molar-refractivity contribution in [3.05, 3.63) is 24.8 Å². The molecule has 0 aromatic carbocycles. The third kappa shape index (κ3) is 22.9. The molecular weight excluding hydrogens is 372 g/mol. The predicted octanol–water partition coefficient (Wildman–Crippen LogP) is 4.48. The van der Waals surface area contributed by atoms with Crippen molar-refractivity contribution < 1.29 is 28.5 Å². The third-order valence-electron chi connectivity index (χ3n) is 4.12. The second-order valence-corrected chi connectivity index (χ2v) is 6.92. The maximum Gasteiger partial charge on any atom is 0.333 e. The van der Waals surface area contributed by atoms with Gasteiger partial charge < -0.3 is 23.7 Å². The fourth-order valence-corrected chi connectivity index (χ4v) is 2.45. The first kappa shape index (κ1) is 27.8. The molecule has 0 aliphatic carbocycles. The molecule has 0 saturated heterocycles. The Morgan fingerprint density at radius 1 is 0.655 bits per heavy atom. The molecule has 0 spiro atoms. The molecule has 0 bridgehead atoms. The first-order valence-electron chi connectivity index (χ1n) is 10.9. The van der Waals surface area contributed by atoms with E-state index >= 15 is 0 Å². The van der Waals surface area contributed by atoms with Crippen LogP contribution in [0.4, 0.5) is 0 Å². The topological polar surface area (TPSA) is 63.2 Å². The Morgan fingerprint density at radius 2 is 1.07 bits per heavy atom. The molecule has 0 unspecified atom stereocenters. The van der Waals surface area contributed by atoms with E-state index in [1.54, 1.807) is 6.92 Å². The zero-order chi connectivity index (χ0) is 21.4. The molecule has 6 heteroatoms. The summed E-state index contributed by atoms with van der Waals surface area (Å²) < 4.78 is 26.6. The summed E-state index contributed by atoms with van der Waals surface area (Å²) in [6.45, 7) is 13.5. The first-order valence-corrected chi connectivity index (χ1v) is 10.9. The van der Waals surface area contributed by atoms with Crippen LogP contribution >= 0.6 is 0 Å². The molecule has 0 aliphatic rings. The minimum absolute atomic E-state index is 0.227. The van der Waals surface area contributed by atoms with Crippen LogP contribution in [-0.4, -0.2) is 65.4 Å². The Morgan fingerprint density at radius 3 is 1.55 bits per heavy atom. The Kier molecular flexibility index (Phi) is 22.1. The summed E-state index contributed by atoms with van der Waals surface area (Å²) in [6.07, 6.45) is 12.1. The number of carbonyl (C=O) groups excluding carboxylic acids is 1. The number of allylic oxidation sites excluding steroid dienone is 1. The Balaban J connectivity index is 3.06. The highest BCUT2D eigenvalue weighted by atomic mass is 16.6. The number of carbonyl (C=O) groups is 1. The van der Waals surface area contributed by atoms with Gasteiger partial charge in [0.25, 0.3) is 0 Å². The van der Waals surface area contributed by atoms with E-state index in [2.05, 4.69) is 13.2 Å². The summed E-state index contributed by atoms with van der Waals surface area (Å²) in [5.74, 6) is -0.392. The molecule has 0 N–H and O–H groups in total. The second kappa shape index (κ2) is 23.1. The van der Waals surface area contributed by atoms with E-state index in [9.17, 15) is 4.79 Å². The van der Waals surface area contributed by atoms with Gasteiger partial charge >= 0.3 is 5.97 Å². The number of unbranched alkanes of at least 4 members (excludes halogenated alkanes) is 7. The standard InChI is InChI=1S/C23H42O6/c1-4-5-6-7-8-9-10-11-12-13-25-14-15-26-16-17-27-18-19-28-20-21-29-23(24)22(2)3/h4H,1-2,5-21H2,3H3. The van der Waals surface area contributed by atoms with E-state index in [1.165, 1.54) is 38.5 Å². The van der Waals surface area contributed by atoms with Gasteiger partial charge in [0.1, 0.15) is 6.61 Å². The van der Waals surface area contributed by atoms with Crippen LogP contribution in [0.15, 0.2) is 24.8 Å². The summed E-state index contributed by atoms with van der Waals surface area (Å²) in [7, 11) is 0. The number of rotatable bonds is 23. The third-order valence-corrected chi connectivity index (χ3v) is 4.12. The molecule has 0 saturated carbocycles. The molecule has 0 heterocycles. The normalized spacial score (nSPS) is 10.8. The van der Waals surface area contributed by atoms with Crippen LogP contribution in [0.5, 0.6) is 0 Å². The number of hydrogen-bond acceptors (Lipinski definition) is 6. The lowest BCUT2D eigenvalue weighted by Crippen LogP contribution is -2.14. The minimum Gasteiger partial charge on any atom is -0.460 e. The average Bonchev–Trinajstić information content (AvgIpc) is 2.71. The smallest absolute Gasteiger partial charge is 0.333 e. The van der Waals surface area contributed by atoms with E-state index in [0.717, 1.165) is 19.4 Å². The van der Waals surface area contributed by atoms with Crippen molar-refractivity contribution >= 4 is 5.97 Å². The van der Waals surface area contributed by atoms with Gasteiger partial charge in [-0.25, -0.2) is 4.79 Å². The van der Waals surface area contributed by atoms with Gasteiger partial charge in [0.15, 0.2) is 0 Å². The van der Waals surface area contributed by atoms with Crippen LogP contribution in [0.3, 0.4) is 0 Å². The highest BCUT2D eigenvalue weighted by molar-refractivity contribution is 5.86. The van der Waals surface area contributed by atoms with E-state index in [-0.39, 0.29) is 6.61 Å². The molecule has 0 fully saturated rings. The van der Waals surface area contributed by atoms with E-state index < -0.39 is 5.97 Å². The lowest BCUT2D eigenvalue weighted by Gasteiger charge is -2.08. The van der Waals surface area contributed by atoms with Crippen molar-refractivity contribution in [3.8, 4) is 0 Å². The summed E-state index contributed by atoms with van der Waals surface area (Å²) in [5.41, 5.74) is 0.389. The van der Waals surface area contributed by atoms with Gasteiger partial charge in [-0.1, -0.05) is 44.8 Å². The molecule has 0 aromatic rings. The van der Waals surface area contributed by atoms with Crippen molar-refractivity contribution in [1.82, 2.24) is 0 Å². The summed E-state index contributed by atoms with van der Waals surface area (Å²) >= 11 is 0. The molecule has 0 aromatic heterocycles. The highest BCUT2D eigenvalue weighted by Gasteiger charge is 2.01. The van der Waals surface area contributed by atoms with E-state index in [4.69, 9.17) is 23.7 Å². The molecule has 0 amide bonds. The van der Waals surface area contributed by atoms with Crippen LogP contribution in [0.1, 0.15) is 58.3 Å². The van der Waals surface area contributed by atoms with Crippen molar-refractivity contribution in [2.24, 2.45) is 0 Å². The molecule has 0 atom stereocenters. The Bertz CT molecular complexity index is 397. The van der Waals surface area contributed by atoms with Crippen molar-refractivity contribution in [2.45, 2.75) is 58.3 Å². The average molecular weight is 415 g/mol. The zero-order valence-electron chi connectivity index (χ0n) is 18.5.